The molecule has 0 spiro atoms. The van der Waals surface area contributed by atoms with E-state index in [0.29, 0.717) is 5.92 Å². The van der Waals surface area contributed by atoms with Crippen LogP contribution in [0.2, 0.25) is 5.02 Å². The van der Waals surface area contributed by atoms with E-state index in [1.807, 2.05) is 24.3 Å². The molecular weight excluding hydrogens is 612 g/mol. The Labute approximate surface area is 269 Å². The van der Waals surface area contributed by atoms with E-state index in [-0.39, 0.29) is 49.6 Å². The minimum Gasteiger partial charge on any atom is -0.495 e. The summed E-state index contributed by atoms with van der Waals surface area (Å²) in [7, 11) is 1.75. The van der Waals surface area contributed by atoms with Gasteiger partial charge in [0.05, 0.1) is 12.8 Å². The Kier molecular flexibility index (Phi) is 17.0. The van der Waals surface area contributed by atoms with Crippen LogP contribution < -0.4 is 15.0 Å². The first-order chi connectivity index (χ1) is 17.7. The number of methoxy groups -OCH3 is 1. The van der Waals surface area contributed by atoms with E-state index in [2.05, 4.69) is 49.4 Å². The molecule has 5 rings (SSSR count). The second-order valence-corrected chi connectivity index (χ2v) is 10.6. The number of fused-ring (bicyclic) bond motifs is 1. The summed E-state index contributed by atoms with van der Waals surface area (Å²) in [4.78, 5) is 11.1. The van der Waals surface area contributed by atoms with Gasteiger partial charge in [0.15, 0.2) is 0 Å². The van der Waals surface area contributed by atoms with E-state index in [1.165, 1.54) is 55.5 Å². The summed E-state index contributed by atoms with van der Waals surface area (Å²) >= 11 is 6.15. The van der Waals surface area contributed by atoms with E-state index < -0.39 is 0 Å². The molecular formula is C29H44Cl5N5O. The highest BCUT2D eigenvalue weighted by atomic mass is 35.5. The van der Waals surface area contributed by atoms with Gasteiger partial charge in [0.1, 0.15) is 5.75 Å². The zero-order valence-corrected chi connectivity index (χ0v) is 27.2. The molecule has 2 aliphatic rings. The molecule has 0 amide bonds. The lowest BCUT2D eigenvalue weighted by Crippen LogP contribution is -2.48. The van der Waals surface area contributed by atoms with Gasteiger partial charge in [-0.2, -0.15) is 0 Å². The van der Waals surface area contributed by atoms with Crippen molar-refractivity contribution in [2.75, 3.05) is 77.5 Å². The van der Waals surface area contributed by atoms with Crippen molar-refractivity contribution < 1.29 is 4.74 Å². The van der Waals surface area contributed by atoms with Crippen LogP contribution in [0.15, 0.2) is 48.7 Å². The number of nitrogens with one attached hydrogen (secondary N) is 2. The van der Waals surface area contributed by atoms with Gasteiger partial charge in [0.2, 0.25) is 0 Å². The van der Waals surface area contributed by atoms with Crippen LogP contribution in [0.3, 0.4) is 0 Å². The lowest BCUT2D eigenvalue weighted by atomic mass is 9.89. The lowest BCUT2D eigenvalue weighted by molar-refractivity contribution is 0.209. The average molecular weight is 656 g/mol. The summed E-state index contributed by atoms with van der Waals surface area (Å²) in [6.45, 7) is 11.2. The highest BCUT2D eigenvalue weighted by Crippen LogP contribution is 2.34. The van der Waals surface area contributed by atoms with E-state index in [1.54, 1.807) is 7.11 Å². The average Bonchev–Trinajstić information content (AvgIpc) is 3.34. The Hall–Kier alpha value is -1.09. The number of hydrogen-bond acceptors (Lipinski definition) is 5. The largest absolute Gasteiger partial charge is 0.495 e. The molecule has 2 aromatic carbocycles. The number of aromatic amines is 1. The van der Waals surface area contributed by atoms with Crippen molar-refractivity contribution >= 4 is 77.8 Å². The second-order valence-electron chi connectivity index (χ2n) is 10.2. The molecule has 0 bridgehead atoms. The van der Waals surface area contributed by atoms with E-state index in [4.69, 9.17) is 16.3 Å². The molecule has 226 valence electrons. The van der Waals surface area contributed by atoms with Crippen LogP contribution in [-0.4, -0.2) is 87.3 Å². The fourth-order valence-corrected chi connectivity index (χ4v) is 5.99. The fraction of sp³-hybridized carbons (Fsp3) is 0.517. The molecule has 2 saturated heterocycles. The van der Waals surface area contributed by atoms with Gasteiger partial charge in [0, 0.05) is 61.4 Å². The molecule has 0 aliphatic carbocycles. The van der Waals surface area contributed by atoms with Gasteiger partial charge in [-0.3, -0.25) is 4.90 Å². The van der Waals surface area contributed by atoms with Crippen LogP contribution in [0.5, 0.6) is 5.75 Å². The molecule has 3 heterocycles. The van der Waals surface area contributed by atoms with Crippen molar-refractivity contribution in [3.05, 3.63) is 59.2 Å². The molecule has 0 radical (unpaired) electrons. The third kappa shape index (κ3) is 9.47. The quantitative estimate of drug-likeness (QED) is 0.245. The summed E-state index contributed by atoms with van der Waals surface area (Å²) in [5.41, 5.74) is 3.84. The molecule has 0 unspecified atom stereocenters. The van der Waals surface area contributed by atoms with Crippen molar-refractivity contribution in [1.29, 1.82) is 0 Å². The van der Waals surface area contributed by atoms with Gasteiger partial charge in [-0.25, -0.2) is 0 Å². The van der Waals surface area contributed by atoms with Crippen LogP contribution in [0, 0.1) is 0 Å². The Balaban J connectivity index is 0.00000200. The number of piperidine rings is 1. The van der Waals surface area contributed by atoms with Gasteiger partial charge in [-0.15, -0.1) is 49.6 Å². The first-order valence-electron chi connectivity index (χ1n) is 13.5. The molecule has 6 nitrogen and oxygen atoms in total. The number of rotatable bonds is 10. The number of anilines is 1. The highest BCUT2D eigenvalue weighted by molar-refractivity contribution is 6.31. The Morgan fingerprint density at radius 1 is 0.875 bits per heavy atom. The zero-order valence-electron chi connectivity index (χ0n) is 23.1. The summed E-state index contributed by atoms with van der Waals surface area (Å²) < 4.78 is 5.54. The smallest absolute Gasteiger partial charge is 0.142 e. The van der Waals surface area contributed by atoms with E-state index in [0.717, 1.165) is 62.1 Å². The standard InChI is InChI=1S/C29H40ClN5O.4ClH/c1-36-29-6-3-2-5-28(29)35-19-17-34(18-20-35)16-12-31-11-4-13-33-14-9-23(10-15-33)26-22-32-27-21-24(30)7-8-25(26)27;;;;/h2-3,5-8,21-23,31-32H,4,9-20H2,1H3;4*1H. The number of likely N-dealkylation sites (tertiary alicyclic amines) is 1. The summed E-state index contributed by atoms with van der Waals surface area (Å²) in [6, 6.07) is 14.6. The van der Waals surface area contributed by atoms with Crippen LogP contribution in [0.25, 0.3) is 10.9 Å². The van der Waals surface area contributed by atoms with Gasteiger partial charge in [-0.1, -0.05) is 29.8 Å². The first kappa shape index (κ1) is 36.9. The summed E-state index contributed by atoms with van der Waals surface area (Å²) in [6.07, 6.45) is 5.90. The van der Waals surface area contributed by atoms with Crippen LogP contribution in [0.1, 0.15) is 30.7 Å². The third-order valence-electron chi connectivity index (χ3n) is 7.93. The molecule has 2 N–H and O–H groups in total. The van der Waals surface area contributed by atoms with Gasteiger partial charge >= 0.3 is 0 Å². The summed E-state index contributed by atoms with van der Waals surface area (Å²) in [5, 5.41) is 5.81. The Morgan fingerprint density at radius 3 is 2.30 bits per heavy atom. The van der Waals surface area contributed by atoms with Crippen molar-refractivity contribution in [2.45, 2.75) is 25.2 Å². The van der Waals surface area contributed by atoms with Crippen molar-refractivity contribution in [3.8, 4) is 5.75 Å². The molecule has 1 aromatic heterocycles. The number of aromatic nitrogens is 1. The number of piperazine rings is 1. The van der Waals surface area contributed by atoms with Crippen LogP contribution in [-0.2, 0) is 0 Å². The monoisotopic (exact) mass is 653 g/mol. The molecule has 2 fully saturated rings. The van der Waals surface area contributed by atoms with Gasteiger partial charge in [0.25, 0.3) is 0 Å². The zero-order chi connectivity index (χ0) is 24.7. The molecule has 40 heavy (non-hydrogen) atoms. The predicted molar refractivity (Wildman–Crippen MR) is 180 cm³/mol. The van der Waals surface area contributed by atoms with Crippen molar-refractivity contribution in [1.82, 2.24) is 20.1 Å². The van der Waals surface area contributed by atoms with Gasteiger partial charge in [-0.05, 0) is 81.2 Å². The van der Waals surface area contributed by atoms with E-state index >= 15 is 0 Å². The maximum Gasteiger partial charge on any atom is 0.142 e. The number of nitrogens with zero attached hydrogens (tertiary/aromatic N) is 3. The molecule has 11 heteroatoms. The fourth-order valence-electron chi connectivity index (χ4n) is 5.82. The number of hydrogen-bond donors (Lipinski definition) is 2. The molecule has 0 atom stereocenters. The van der Waals surface area contributed by atoms with Crippen LogP contribution >= 0.6 is 61.2 Å². The number of ether oxygens (including phenoxy) is 1. The molecule has 3 aromatic rings. The van der Waals surface area contributed by atoms with Gasteiger partial charge < -0.3 is 24.8 Å². The number of halogens is 5. The Morgan fingerprint density at radius 2 is 1.57 bits per heavy atom. The minimum absolute atomic E-state index is 0. The van der Waals surface area contributed by atoms with E-state index in [9.17, 15) is 0 Å². The summed E-state index contributed by atoms with van der Waals surface area (Å²) in [5.74, 6) is 1.62. The highest BCUT2D eigenvalue weighted by Gasteiger charge is 2.23. The Bertz CT molecular complexity index is 1120. The topological polar surface area (TPSA) is 46.8 Å². The first-order valence-corrected chi connectivity index (χ1v) is 13.9. The number of para-hydroxylation sites is 2. The van der Waals surface area contributed by atoms with Crippen molar-refractivity contribution in [3.63, 3.8) is 0 Å². The predicted octanol–water partition coefficient (Wildman–Crippen LogP) is 6.50. The minimum atomic E-state index is 0. The lowest BCUT2D eigenvalue weighted by Gasteiger charge is -2.36. The van der Waals surface area contributed by atoms with Crippen molar-refractivity contribution in [2.24, 2.45) is 0 Å². The maximum absolute atomic E-state index is 6.15. The van der Waals surface area contributed by atoms with Crippen LogP contribution in [0.4, 0.5) is 5.69 Å². The normalized spacial score (nSPS) is 16.4. The SMILES string of the molecule is COc1ccccc1N1CCN(CCNCCCN2CCC(c3c[nH]c4cc(Cl)ccc34)CC2)CC1.Cl.Cl.Cl.Cl. The number of benzene rings is 2. The third-order valence-corrected chi connectivity index (χ3v) is 8.17. The molecule has 2 aliphatic heterocycles. The number of H-pyrrole nitrogens is 1. The second kappa shape index (κ2) is 18.4. The maximum atomic E-state index is 6.15. The molecule has 0 saturated carbocycles.